The normalized spacial score (nSPS) is 10.4. The van der Waals surface area contributed by atoms with Crippen LogP contribution in [0.25, 0.3) is 11.2 Å². The number of methoxy groups -OCH3 is 1. The topological polar surface area (TPSA) is 98.4 Å². The second kappa shape index (κ2) is 6.86. The molecular formula is C16H16N4O4. The standard InChI is InChI=1S/C16H16N4O4/c1-3-23-16(21)20-15-18-13-8-12(9-17-14(13)19-15)24-11-6-4-5-10(7-11)22-2/h4-9H,3H2,1-2H3,(H2,17,18,19,20,21). The molecule has 0 aliphatic heterocycles. The largest absolute Gasteiger partial charge is 0.497 e. The predicted octanol–water partition coefficient (Wildman–Crippen LogP) is 3.33. The van der Waals surface area contributed by atoms with Gasteiger partial charge in [0.1, 0.15) is 22.8 Å². The minimum Gasteiger partial charge on any atom is -0.497 e. The number of hydrogen-bond acceptors (Lipinski definition) is 6. The Hall–Kier alpha value is -3.29. The van der Waals surface area contributed by atoms with Crippen molar-refractivity contribution in [3.05, 3.63) is 36.5 Å². The summed E-state index contributed by atoms with van der Waals surface area (Å²) in [5, 5.41) is 2.49. The Balaban J connectivity index is 1.79. The van der Waals surface area contributed by atoms with Crippen LogP contribution in [0.1, 0.15) is 6.92 Å². The predicted molar refractivity (Wildman–Crippen MR) is 87.6 cm³/mol. The SMILES string of the molecule is CCOC(=O)Nc1nc2cc(Oc3cccc(OC)c3)cnc2[nH]1. The highest BCUT2D eigenvalue weighted by molar-refractivity contribution is 5.85. The van der Waals surface area contributed by atoms with Crippen molar-refractivity contribution in [1.29, 1.82) is 0 Å². The molecule has 0 saturated carbocycles. The number of fused-ring (bicyclic) bond motifs is 1. The number of H-pyrrole nitrogens is 1. The molecule has 2 aromatic heterocycles. The van der Waals surface area contributed by atoms with Crippen molar-refractivity contribution in [1.82, 2.24) is 15.0 Å². The molecule has 2 N–H and O–H groups in total. The van der Waals surface area contributed by atoms with Crippen molar-refractivity contribution in [2.45, 2.75) is 6.92 Å². The lowest BCUT2D eigenvalue weighted by molar-refractivity contribution is 0.167. The summed E-state index contributed by atoms with van der Waals surface area (Å²) in [7, 11) is 1.59. The Morgan fingerprint density at radius 3 is 2.88 bits per heavy atom. The first-order valence-corrected chi connectivity index (χ1v) is 7.29. The Bertz CT molecular complexity index is 862. The Labute approximate surface area is 137 Å². The van der Waals surface area contributed by atoms with E-state index in [1.807, 2.05) is 18.2 Å². The highest BCUT2D eigenvalue weighted by Gasteiger charge is 2.09. The lowest BCUT2D eigenvalue weighted by atomic mass is 10.3. The number of amides is 1. The molecule has 0 bridgehead atoms. The van der Waals surface area contributed by atoms with Crippen molar-refractivity contribution in [2.24, 2.45) is 0 Å². The van der Waals surface area contributed by atoms with Gasteiger partial charge in [-0.1, -0.05) is 6.07 Å². The zero-order chi connectivity index (χ0) is 16.9. The van der Waals surface area contributed by atoms with Gasteiger partial charge < -0.3 is 19.2 Å². The van der Waals surface area contributed by atoms with Gasteiger partial charge in [0.2, 0.25) is 5.95 Å². The van der Waals surface area contributed by atoms with E-state index in [-0.39, 0.29) is 12.6 Å². The van der Waals surface area contributed by atoms with Crippen molar-refractivity contribution in [2.75, 3.05) is 19.0 Å². The Morgan fingerprint density at radius 1 is 1.25 bits per heavy atom. The number of benzene rings is 1. The zero-order valence-corrected chi connectivity index (χ0v) is 13.2. The van der Waals surface area contributed by atoms with Crippen molar-refractivity contribution in [3.8, 4) is 17.2 Å². The van der Waals surface area contributed by atoms with Crippen LogP contribution in [0.2, 0.25) is 0 Å². The van der Waals surface area contributed by atoms with E-state index in [1.54, 1.807) is 32.4 Å². The minimum absolute atomic E-state index is 0.259. The van der Waals surface area contributed by atoms with Gasteiger partial charge >= 0.3 is 6.09 Å². The lowest BCUT2D eigenvalue weighted by Gasteiger charge is -2.06. The highest BCUT2D eigenvalue weighted by Crippen LogP contribution is 2.26. The molecule has 2 heterocycles. The van der Waals surface area contributed by atoms with E-state index in [0.717, 1.165) is 0 Å². The summed E-state index contributed by atoms with van der Waals surface area (Å²) in [6, 6.07) is 8.95. The molecule has 0 atom stereocenters. The fraction of sp³-hybridized carbons (Fsp3) is 0.188. The molecule has 0 spiro atoms. The third kappa shape index (κ3) is 3.54. The number of carbonyl (C=O) groups excluding carboxylic acids is 1. The van der Waals surface area contributed by atoms with Gasteiger partial charge in [-0.3, -0.25) is 5.32 Å². The number of carbonyl (C=O) groups is 1. The summed E-state index contributed by atoms with van der Waals surface area (Å²) in [5.74, 6) is 2.09. The van der Waals surface area contributed by atoms with Gasteiger partial charge in [0.25, 0.3) is 0 Å². The number of aromatic amines is 1. The second-order valence-electron chi connectivity index (χ2n) is 4.75. The third-order valence-corrected chi connectivity index (χ3v) is 3.08. The third-order valence-electron chi connectivity index (χ3n) is 3.08. The fourth-order valence-electron chi connectivity index (χ4n) is 2.06. The van der Waals surface area contributed by atoms with Crippen LogP contribution in [0.5, 0.6) is 17.2 Å². The van der Waals surface area contributed by atoms with E-state index in [1.165, 1.54) is 0 Å². The number of pyridine rings is 1. The summed E-state index contributed by atoms with van der Waals surface area (Å²) in [6.07, 6.45) is 0.984. The summed E-state index contributed by atoms with van der Waals surface area (Å²) in [4.78, 5) is 22.8. The minimum atomic E-state index is -0.579. The van der Waals surface area contributed by atoms with Crippen LogP contribution < -0.4 is 14.8 Å². The Morgan fingerprint density at radius 2 is 2.08 bits per heavy atom. The molecule has 0 radical (unpaired) electrons. The first-order chi connectivity index (χ1) is 11.7. The van der Waals surface area contributed by atoms with E-state index in [9.17, 15) is 4.79 Å². The second-order valence-corrected chi connectivity index (χ2v) is 4.75. The first kappa shape index (κ1) is 15.6. The van der Waals surface area contributed by atoms with Gasteiger partial charge in [0.15, 0.2) is 5.65 Å². The molecule has 0 aliphatic carbocycles. The molecule has 8 heteroatoms. The number of aromatic nitrogens is 3. The molecular weight excluding hydrogens is 312 g/mol. The van der Waals surface area contributed by atoms with Gasteiger partial charge in [-0.2, -0.15) is 0 Å². The van der Waals surface area contributed by atoms with E-state index in [4.69, 9.17) is 14.2 Å². The van der Waals surface area contributed by atoms with Gasteiger partial charge in [0, 0.05) is 12.1 Å². The van der Waals surface area contributed by atoms with E-state index in [2.05, 4.69) is 20.3 Å². The average Bonchev–Trinajstić information content (AvgIpc) is 2.96. The lowest BCUT2D eigenvalue weighted by Crippen LogP contribution is -2.14. The maximum absolute atomic E-state index is 11.4. The number of ether oxygens (including phenoxy) is 3. The van der Waals surface area contributed by atoms with Crippen LogP contribution in [0.15, 0.2) is 36.5 Å². The molecule has 3 rings (SSSR count). The fourth-order valence-corrected chi connectivity index (χ4v) is 2.06. The van der Waals surface area contributed by atoms with E-state index >= 15 is 0 Å². The van der Waals surface area contributed by atoms with Gasteiger partial charge in [-0.25, -0.2) is 14.8 Å². The maximum Gasteiger partial charge on any atom is 0.413 e. The highest BCUT2D eigenvalue weighted by atomic mass is 16.5. The van der Waals surface area contributed by atoms with Crippen LogP contribution in [-0.2, 0) is 4.74 Å². The molecule has 124 valence electrons. The first-order valence-electron chi connectivity index (χ1n) is 7.29. The van der Waals surface area contributed by atoms with Gasteiger partial charge in [-0.15, -0.1) is 0 Å². The number of nitrogens with one attached hydrogen (secondary N) is 2. The van der Waals surface area contributed by atoms with Crippen LogP contribution in [0.3, 0.4) is 0 Å². The smallest absolute Gasteiger partial charge is 0.413 e. The summed E-state index contributed by atoms with van der Waals surface area (Å²) < 4.78 is 15.7. The van der Waals surface area contributed by atoms with Crippen LogP contribution in [0.4, 0.5) is 10.7 Å². The summed E-state index contributed by atoms with van der Waals surface area (Å²) in [6.45, 7) is 2.00. The number of anilines is 1. The summed E-state index contributed by atoms with van der Waals surface area (Å²) in [5.41, 5.74) is 1.09. The number of rotatable bonds is 5. The monoisotopic (exact) mass is 328 g/mol. The quantitative estimate of drug-likeness (QED) is 0.745. The number of nitrogens with zero attached hydrogens (tertiary/aromatic N) is 2. The van der Waals surface area contributed by atoms with Crippen molar-refractivity contribution < 1.29 is 19.0 Å². The van der Waals surface area contributed by atoms with Crippen LogP contribution in [-0.4, -0.2) is 34.8 Å². The molecule has 3 aromatic rings. The maximum atomic E-state index is 11.4. The molecule has 1 aromatic carbocycles. The van der Waals surface area contributed by atoms with Crippen molar-refractivity contribution in [3.63, 3.8) is 0 Å². The molecule has 0 fully saturated rings. The molecule has 1 amide bonds. The summed E-state index contributed by atoms with van der Waals surface area (Å²) >= 11 is 0. The van der Waals surface area contributed by atoms with Crippen molar-refractivity contribution >= 4 is 23.2 Å². The van der Waals surface area contributed by atoms with Crippen LogP contribution in [0, 0.1) is 0 Å². The Kier molecular flexibility index (Phi) is 4.46. The van der Waals surface area contributed by atoms with Gasteiger partial charge in [0.05, 0.1) is 19.9 Å². The zero-order valence-electron chi connectivity index (χ0n) is 13.2. The van der Waals surface area contributed by atoms with E-state index < -0.39 is 6.09 Å². The van der Waals surface area contributed by atoms with Gasteiger partial charge in [-0.05, 0) is 19.1 Å². The number of hydrogen-bond donors (Lipinski definition) is 2. The van der Waals surface area contributed by atoms with Crippen LogP contribution >= 0.6 is 0 Å². The molecule has 0 aliphatic rings. The molecule has 0 unspecified atom stereocenters. The molecule has 0 saturated heterocycles. The average molecular weight is 328 g/mol. The molecule has 24 heavy (non-hydrogen) atoms. The number of imidazole rings is 1. The molecule has 8 nitrogen and oxygen atoms in total. The van der Waals surface area contributed by atoms with E-state index in [0.29, 0.717) is 28.4 Å².